The third-order valence-corrected chi connectivity index (χ3v) is 4.69. The molecule has 3 aromatic rings. The minimum absolute atomic E-state index is 0.0436. The Labute approximate surface area is 178 Å². The van der Waals surface area contributed by atoms with Crippen LogP contribution >= 0.6 is 0 Å². The molecule has 0 aliphatic carbocycles. The fraction of sp³-hybridized carbons (Fsp3) is 0.167. The van der Waals surface area contributed by atoms with Crippen LogP contribution in [0.3, 0.4) is 0 Å². The van der Waals surface area contributed by atoms with E-state index in [4.69, 9.17) is 0 Å². The Morgan fingerprint density at radius 3 is 1.77 bits per heavy atom. The summed E-state index contributed by atoms with van der Waals surface area (Å²) in [6, 6.07) is 17.8. The highest BCUT2D eigenvalue weighted by atomic mass is 19.4. The van der Waals surface area contributed by atoms with Gasteiger partial charge in [-0.3, -0.25) is 9.59 Å². The number of halogens is 3. The summed E-state index contributed by atoms with van der Waals surface area (Å²) in [5.74, 6) is -0.468. The highest BCUT2D eigenvalue weighted by Gasteiger charge is 2.30. The van der Waals surface area contributed by atoms with Gasteiger partial charge in [0.25, 0.3) is 11.8 Å². The summed E-state index contributed by atoms with van der Waals surface area (Å²) in [4.78, 5) is 24.7. The van der Waals surface area contributed by atoms with Crippen molar-refractivity contribution in [3.63, 3.8) is 0 Å². The zero-order valence-electron chi connectivity index (χ0n) is 17.0. The summed E-state index contributed by atoms with van der Waals surface area (Å²) in [6.07, 6.45) is -4.49. The number of anilines is 2. The van der Waals surface area contributed by atoms with E-state index in [2.05, 4.69) is 24.5 Å². The first-order valence-corrected chi connectivity index (χ1v) is 9.63. The molecule has 2 N–H and O–H groups in total. The second-order valence-electron chi connectivity index (χ2n) is 7.34. The maximum absolute atomic E-state index is 12.8. The normalized spacial score (nSPS) is 11.3. The van der Waals surface area contributed by atoms with Crippen LogP contribution in [0.1, 0.15) is 51.6 Å². The molecule has 0 atom stereocenters. The first-order valence-electron chi connectivity index (χ1n) is 9.63. The summed E-state index contributed by atoms with van der Waals surface area (Å²) < 4.78 is 38.4. The third kappa shape index (κ3) is 5.72. The molecule has 0 fully saturated rings. The van der Waals surface area contributed by atoms with Crippen LogP contribution in [0.4, 0.5) is 24.5 Å². The van der Waals surface area contributed by atoms with Crippen molar-refractivity contribution in [1.82, 2.24) is 0 Å². The van der Waals surface area contributed by atoms with Gasteiger partial charge in [-0.15, -0.1) is 0 Å². The van der Waals surface area contributed by atoms with Crippen molar-refractivity contribution in [3.05, 3.63) is 95.1 Å². The predicted octanol–water partition coefficient (Wildman–Crippen LogP) is 6.33. The number of amides is 2. The Morgan fingerprint density at radius 2 is 1.26 bits per heavy atom. The molecule has 4 nitrogen and oxygen atoms in total. The molecule has 0 aliphatic heterocycles. The summed E-state index contributed by atoms with van der Waals surface area (Å²) in [5.41, 5.74) is 1.58. The molecule has 3 aromatic carbocycles. The summed E-state index contributed by atoms with van der Waals surface area (Å²) in [6.45, 7) is 4.14. The SMILES string of the molecule is CC(C)c1ccc(C(=O)Nc2ccc(C(=O)Nc3cccc(C(F)(F)F)c3)cc2)cc1. The zero-order valence-corrected chi connectivity index (χ0v) is 17.0. The van der Waals surface area contributed by atoms with Crippen LogP contribution in [-0.4, -0.2) is 11.8 Å². The maximum Gasteiger partial charge on any atom is 0.416 e. The average molecular weight is 426 g/mol. The van der Waals surface area contributed by atoms with Gasteiger partial charge in [-0.2, -0.15) is 13.2 Å². The second-order valence-corrected chi connectivity index (χ2v) is 7.34. The molecule has 7 heteroatoms. The molecule has 0 spiro atoms. The molecule has 0 saturated heterocycles. The quantitative estimate of drug-likeness (QED) is 0.501. The van der Waals surface area contributed by atoms with E-state index in [9.17, 15) is 22.8 Å². The van der Waals surface area contributed by atoms with E-state index in [1.807, 2.05) is 12.1 Å². The van der Waals surface area contributed by atoms with Gasteiger partial charge in [-0.25, -0.2) is 0 Å². The molecule has 0 aromatic heterocycles. The van der Waals surface area contributed by atoms with Crippen LogP contribution in [0.15, 0.2) is 72.8 Å². The van der Waals surface area contributed by atoms with E-state index in [0.29, 0.717) is 17.2 Å². The molecule has 3 rings (SSSR count). The van der Waals surface area contributed by atoms with Gasteiger partial charge in [0.2, 0.25) is 0 Å². The number of alkyl halides is 3. The molecule has 0 aliphatic rings. The van der Waals surface area contributed by atoms with Crippen molar-refractivity contribution in [3.8, 4) is 0 Å². The number of carbonyl (C=O) groups is 2. The molecule has 2 amide bonds. The van der Waals surface area contributed by atoms with Crippen LogP contribution in [0.2, 0.25) is 0 Å². The topological polar surface area (TPSA) is 58.2 Å². The Balaban J connectivity index is 1.64. The van der Waals surface area contributed by atoms with E-state index in [1.54, 1.807) is 24.3 Å². The van der Waals surface area contributed by atoms with E-state index >= 15 is 0 Å². The van der Waals surface area contributed by atoms with Gasteiger partial charge in [0.1, 0.15) is 0 Å². The second kappa shape index (κ2) is 9.04. The van der Waals surface area contributed by atoms with E-state index in [0.717, 1.165) is 17.7 Å². The first kappa shape index (κ1) is 22.1. The Hall–Kier alpha value is -3.61. The van der Waals surface area contributed by atoms with Gasteiger partial charge in [-0.05, 0) is 66.1 Å². The van der Waals surface area contributed by atoms with Gasteiger partial charge >= 0.3 is 6.18 Å². The monoisotopic (exact) mass is 426 g/mol. The van der Waals surface area contributed by atoms with Crippen molar-refractivity contribution < 1.29 is 22.8 Å². The number of rotatable bonds is 5. The molecule has 0 unspecified atom stereocenters. The average Bonchev–Trinajstić information content (AvgIpc) is 2.74. The number of carbonyl (C=O) groups excluding carboxylic acids is 2. The molecule has 0 radical (unpaired) electrons. The predicted molar refractivity (Wildman–Crippen MR) is 114 cm³/mol. The van der Waals surface area contributed by atoms with E-state index in [1.165, 1.54) is 24.3 Å². The molecule has 31 heavy (non-hydrogen) atoms. The minimum atomic E-state index is -4.49. The molecule has 0 saturated carbocycles. The lowest BCUT2D eigenvalue weighted by molar-refractivity contribution is -0.137. The van der Waals surface area contributed by atoms with Crippen molar-refractivity contribution in [2.24, 2.45) is 0 Å². The van der Waals surface area contributed by atoms with Crippen LogP contribution in [-0.2, 0) is 6.18 Å². The van der Waals surface area contributed by atoms with E-state index in [-0.39, 0.29) is 17.2 Å². The zero-order chi connectivity index (χ0) is 22.6. The largest absolute Gasteiger partial charge is 0.416 e. The molecular weight excluding hydrogens is 405 g/mol. The van der Waals surface area contributed by atoms with Crippen LogP contribution in [0, 0.1) is 0 Å². The Kier molecular flexibility index (Phi) is 6.44. The van der Waals surface area contributed by atoms with Crippen molar-refractivity contribution in [1.29, 1.82) is 0 Å². The maximum atomic E-state index is 12.8. The van der Waals surface area contributed by atoms with Gasteiger partial charge in [0.05, 0.1) is 5.56 Å². The minimum Gasteiger partial charge on any atom is -0.322 e. The van der Waals surface area contributed by atoms with Crippen LogP contribution < -0.4 is 10.6 Å². The number of hydrogen-bond acceptors (Lipinski definition) is 2. The number of benzene rings is 3. The lowest BCUT2D eigenvalue weighted by atomic mass is 10.0. The fourth-order valence-electron chi connectivity index (χ4n) is 2.90. The molecular formula is C24H21F3N2O2. The van der Waals surface area contributed by atoms with Crippen LogP contribution in [0.5, 0.6) is 0 Å². The smallest absolute Gasteiger partial charge is 0.322 e. The molecule has 0 heterocycles. The van der Waals surface area contributed by atoms with Crippen molar-refractivity contribution in [2.45, 2.75) is 25.9 Å². The summed E-state index contributed by atoms with van der Waals surface area (Å²) in [7, 11) is 0. The standard InChI is InChI=1S/C24H21F3N2O2/c1-15(2)16-6-8-17(9-7-16)22(30)28-20-12-10-18(11-13-20)23(31)29-21-5-3-4-19(14-21)24(25,26)27/h3-15H,1-2H3,(H,28,30)(H,29,31). The molecule has 0 bridgehead atoms. The van der Waals surface area contributed by atoms with E-state index < -0.39 is 17.6 Å². The summed E-state index contributed by atoms with van der Waals surface area (Å²) in [5, 5.41) is 5.20. The van der Waals surface area contributed by atoms with Crippen LogP contribution in [0.25, 0.3) is 0 Å². The van der Waals surface area contributed by atoms with Gasteiger partial charge in [0.15, 0.2) is 0 Å². The first-order chi connectivity index (χ1) is 14.6. The number of hydrogen-bond donors (Lipinski definition) is 2. The van der Waals surface area contributed by atoms with Gasteiger partial charge in [-0.1, -0.05) is 32.0 Å². The molecule has 160 valence electrons. The Morgan fingerprint density at radius 1 is 0.742 bits per heavy atom. The van der Waals surface area contributed by atoms with Crippen molar-refractivity contribution >= 4 is 23.2 Å². The fourth-order valence-corrected chi connectivity index (χ4v) is 2.90. The lowest BCUT2D eigenvalue weighted by Crippen LogP contribution is -2.14. The van der Waals surface area contributed by atoms with Gasteiger partial charge < -0.3 is 10.6 Å². The lowest BCUT2D eigenvalue weighted by Gasteiger charge is -2.11. The summed E-state index contributed by atoms with van der Waals surface area (Å²) >= 11 is 0. The Bertz CT molecular complexity index is 1070. The van der Waals surface area contributed by atoms with Gasteiger partial charge in [0, 0.05) is 22.5 Å². The highest BCUT2D eigenvalue weighted by molar-refractivity contribution is 6.06. The van der Waals surface area contributed by atoms with Crippen molar-refractivity contribution in [2.75, 3.05) is 10.6 Å². The highest BCUT2D eigenvalue weighted by Crippen LogP contribution is 2.30. The third-order valence-electron chi connectivity index (χ3n) is 4.69. The number of nitrogens with one attached hydrogen (secondary N) is 2.